The summed E-state index contributed by atoms with van der Waals surface area (Å²) in [5.41, 5.74) is 3.01. The van der Waals surface area contributed by atoms with E-state index < -0.39 is 0 Å². The Balaban J connectivity index is 1.94. The van der Waals surface area contributed by atoms with E-state index in [9.17, 15) is 0 Å². The number of rotatable bonds is 4. The Hall–Kier alpha value is -0.860. The van der Waals surface area contributed by atoms with Gasteiger partial charge in [0.15, 0.2) is 0 Å². The van der Waals surface area contributed by atoms with E-state index in [0.29, 0.717) is 0 Å². The summed E-state index contributed by atoms with van der Waals surface area (Å²) in [6.45, 7) is 15.9. The second-order valence-corrected chi connectivity index (χ2v) is 8.06. The van der Waals surface area contributed by atoms with E-state index in [-0.39, 0.29) is 5.54 Å². The standard InChI is InChI=1S/C19H32N2/c1-15-9-16(2)13-21(12-15)14-18-8-6-7-17(10-18)11-20-19(3,4)5/h6-8,10,15-16,20H,9,11-14H2,1-5H3. The lowest BCUT2D eigenvalue weighted by atomic mass is 9.91. The van der Waals surface area contributed by atoms with Gasteiger partial charge in [0, 0.05) is 31.7 Å². The molecule has 0 aliphatic carbocycles. The fourth-order valence-electron chi connectivity index (χ4n) is 3.38. The molecule has 0 saturated carbocycles. The molecule has 0 spiro atoms. The molecular weight excluding hydrogens is 256 g/mol. The van der Waals surface area contributed by atoms with Crippen molar-refractivity contribution in [1.29, 1.82) is 0 Å². The van der Waals surface area contributed by atoms with E-state index >= 15 is 0 Å². The summed E-state index contributed by atoms with van der Waals surface area (Å²) in [5, 5.41) is 3.57. The van der Waals surface area contributed by atoms with Crippen molar-refractivity contribution in [2.75, 3.05) is 13.1 Å². The van der Waals surface area contributed by atoms with Crippen molar-refractivity contribution in [3.63, 3.8) is 0 Å². The Morgan fingerprint density at radius 3 is 2.33 bits per heavy atom. The molecule has 2 heteroatoms. The van der Waals surface area contributed by atoms with Crippen molar-refractivity contribution in [3.05, 3.63) is 35.4 Å². The van der Waals surface area contributed by atoms with Crippen LogP contribution in [0.3, 0.4) is 0 Å². The van der Waals surface area contributed by atoms with Crippen molar-refractivity contribution < 1.29 is 0 Å². The van der Waals surface area contributed by atoms with Crippen LogP contribution in [0.4, 0.5) is 0 Å². The summed E-state index contributed by atoms with van der Waals surface area (Å²) in [6.07, 6.45) is 1.38. The molecule has 2 unspecified atom stereocenters. The summed E-state index contributed by atoms with van der Waals surface area (Å²) in [4.78, 5) is 2.62. The molecule has 118 valence electrons. The highest BCUT2D eigenvalue weighted by Crippen LogP contribution is 2.22. The molecule has 1 aromatic carbocycles. The summed E-state index contributed by atoms with van der Waals surface area (Å²) < 4.78 is 0. The van der Waals surface area contributed by atoms with Crippen LogP contribution >= 0.6 is 0 Å². The van der Waals surface area contributed by atoms with Crippen LogP contribution in [-0.2, 0) is 13.1 Å². The smallest absolute Gasteiger partial charge is 0.0234 e. The van der Waals surface area contributed by atoms with Crippen LogP contribution in [0.25, 0.3) is 0 Å². The Morgan fingerprint density at radius 1 is 1.10 bits per heavy atom. The monoisotopic (exact) mass is 288 g/mol. The van der Waals surface area contributed by atoms with Crippen molar-refractivity contribution in [2.24, 2.45) is 11.8 Å². The Kier molecular flexibility index (Phi) is 5.45. The molecule has 1 heterocycles. The van der Waals surface area contributed by atoms with Crippen LogP contribution in [0, 0.1) is 11.8 Å². The third kappa shape index (κ3) is 5.80. The molecule has 0 bridgehead atoms. The van der Waals surface area contributed by atoms with E-state index in [4.69, 9.17) is 0 Å². The van der Waals surface area contributed by atoms with Gasteiger partial charge in [-0.1, -0.05) is 38.1 Å². The van der Waals surface area contributed by atoms with Crippen molar-refractivity contribution in [2.45, 2.75) is 59.7 Å². The van der Waals surface area contributed by atoms with Gasteiger partial charge in [0.2, 0.25) is 0 Å². The molecule has 1 N–H and O–H groups in total. The SMILES string of the molecule is CC1CC(C)CN(Cc2cccc(CNC(C)(C)C)c2)C1. The first-order chi connectivity index (χ1) is 9.82. The zero-order chi connectivity index (χ0) is 15.5. The van der Waals surface area contributed by atoms with Crippen molar-refractivity contribution in [1.82, 2.24) is 10.2 Å². The predicted octanol–water partition coefficient (Wildman–Crippen LogP) is 4.05. The van der Waals surface area contributed by atoms with Gasteiger partial charge in [-0.2, -0.15) is 0 Å². The van der Waals surface area contributed by atoms with Crippen LogP contribution in [0.1, 0.15) is 52.2 Å². The molecule has 2 rings (SSSR count). The van der Waals surface area contributed by atoms with Crippen LogP contribution in [0.5, 0.6) is 0 Å². The zero-order valence-corrected chi connectivity index (χ0v) is 14.4. The van der Waals surface area contributed by atoms with Gasteiger partial charge in [0.1, 0.15) is 0 Å². The first-order valence-electron chi connectivity index (χ1n) is 8.37. The first-order valence-corrected chi connectivity index (χ1v) is 8.37. The maximum Gasteiger partial charge on any atom is 0.0234 e. The highest BCUT2D eigenvalue weighted by Gasteiger charge is 2.21. The van der Waals surface area contributed by atoms with Gasteiger partial charge in [-0.3, -0.25) is 4.90 Å². The van der Waals surface area contributed by atoms with Crippen molar-refractivity contribution in [3.8, 4) is 0 Å². The van der Waals surface area contributed by atoms with E-state index in [0.717, 1.165) is 24.9 Å². The normalized spacial score (nSPS) is 24.2. The Morgan fingerprint density at radius 2 is 1.71 bits per heavy atom. The Bertz CT molecular complexity index is 437. The molecule has 1 aromatic rings. The highest BCUT2D eigenvalue weighted by molar-refractivity contribution is 5.23. The van der Waals surface area contributed by atoms with Crippen LogP contribution in [0.2, 0.25) is 0 Å². The van der Waals surface area contributed by atoms with Gasteiger partial charge in [-0.25, -0.2) is 0 Å². The number of likely N-dealkylation sites (tertiary alicyclic amines) is 1. The Labute approximate surface area is 130 Å². The van der Waals surface area contributed by atoms with Gasteiger partial charge < -0.3 is 5.32 Å². The molecule has 1 aliphatic heterocycles. The number of nitrogens with one attached hydrogen (secondary N) is 1. The van der Waals surface area contributed by atoms with E-state index in [1.807, 2.05) is 0 Å². The van der Waals surface area contributed by atoms with E-state index in [1.165, 1.54) is 30.6 Å². The topological polar surface area (TPSA) is 15.3 Å². The number of piperidine rings is 1. The van der Waals surface area contributed by atoms with Crippen LogP contribution in [0.15, 0.2) is 24.3 Å². The lowest BCUT2D eigenvalue weighted by Gasteiger charge is -2.35. The molecule has 0 aromatic heterocycles. The van der Waals surface area contributed by atoms with E-state index in [2.05, 4.69) is 69.1 Å². The lowest BCUT2D eigenvalue weighted by molar-refractivity contribution is 0.134. The summed E-state index contributed by atoms with van der Waals surface area (Å²) >= 11 is 0. The minimum atomic E-state index is 0.174. The molecule has 21 heavy (non-hydrogen) atoms. The fourth-order valence-corrected chi connectivity index (χ4v) is 3.38. The molecule has 0 amide bonds. The first kappa shape index (κ1) is 16.5. The summed E-state index contributed by atoms with van der Waals surface area (Å²) in [6, 6.07) is 9.06. The molecular formula is C19H32N2. The zero-order valence-electron chi connectivity index (χ0n) is 14.4. The second kappa shape index (κ2) is 6.93. The van der Waals surface area contributed by atoms with E-state index in [1.54, 1.807) is 0 Å². The molecule has 2 nitrogen and oxygen atoms in total. The van der Waals surface area contributed by atoms with Gasteiger partial charge >= 0.3 is 0 Å². The molecule has 0 radical (unpaired) electrons. The molecule has 2 atom stereocenters. The van der Waals surface area contributed by atoms with Gasteiger partial charge in [0.05, 0.1) is 0 Å². The van der Waals surface area contributed by atoms with Crippen molar-refractivity contribution >= 4 is 0 Å². The summed E-state index contributed by atoms with van der Waals surface area (Å²) in [5.74, 6) is 1.67. The average Bonchev–Trinajstić information content (AvgIpc) is 2.35. The van der Waals surface area contributed by atoms with Gasteiger partial charge in [-0.15, -0.1) is 0 Å². The molecule has 1 saturated heterocycles. The number of benzene rings is 1. The summed E-state index contributed by atoms with van der Waals surface area (Å²) in [7, 11) is 0. The highest BCUT2D eigenvalue weighted by atomic mass is 15.1. The molecule has 1 fully saturated rings. The third-order valence-electron chi connectivity index (χ3n) is 4.16. The number of nitrogens with zero attached hydrogens (tertiary/aromatic N) is 1. The lowest BCUT2D eigenvalue weighted by Crippen LogP contribution is -2.38. The fraction of sp³-hybridized carbons (Fsp3) is 0.684. The predicted molar refractivity (Wildman–Crippen MR) is 91.3 cm³/mol. The number of hydrogen-bond donors (Lipinski definition) is 1. The minimum absolute atomic E-state index is 0.174. The average molecular weight is 288 g/mol. The molecule has 1 aliphatic rings. The van der Waals surface area contributed by atoms with Gasteiger partial charge in [-0.05, 0) is 50.2 Å². The van der Waals surface area contributed by atoms with Crippen LogP contribution < -0.4 is 5.32 Å². The van der Waals surface area contributed by atoms with Crippen LogP contribution in [-0.4, -0.2) is 23.5 Å². The third-order valence-corrected chi connectivity index (χ3v) is 4.16. The maximum atomic E-state index is 3.57. The minimum Gasteiger partial charge on any atom is -0.308 e. The maximum absolute atomic E-state index is 3.57. The van der Waals surface area contributed by atoms with Gasteiger partial charge in [0.25, 0.3) is 0 Å². The second-order valence-electron chi connectivity index (χ2n) is 8.06. The largest absolute Gasteiger partial charge is 0.308 e. The number of hydrogen-bond acceptors (Lipinski definition) is 2. The quantitative estimate of drug-likeness (QED) is 0.899.